The predicted molar refractivity (Wildman–Crippen MR) is 67.2 cm³/mol. The number of nitrogens with one attached hydrogen (secondary N) is 1. The smallest absolute Gasteiger partial charge is 0.241 e. The lowest BCUT2D eigenvalue weighted by atomic mass is 10.5. The molecule has 1 aromatic heterocycles. The number of anilines is 1. The molecule has 88 valence electrons. The molecule has 1 amide bonds. The summed E-state index contributed by atoms with van der Waals surface area (Å²) in [5.41, 5.74) is 5.43. The number of carbonyl (C=O) groups is 1. The van der Waals surface area contributed by atoms with Gasteiger partial charge in [-0.1, -0.05) is 6.08 Å². The Balaban J connectivity index is 2.14. The van der Waals surface area contributed by atoms with Gasteiger partial charge in [-0.05, 0) is 6.07 Å². The highest BCUT2D eigenvalue weighted by Crippen LogP contribution is 1.97. The van der Waals surface area contributed by atoms with E-state index < -0.39 is 0 Å². The van der Waals surface area contributed by atoms with Crippen molar-refractivity contribution in [1.29, 1.82) is 0 Å². The van der Waals surface area contributed by atoms with Crippen molar-refractivity contribution < 1.29 is 4.79 Å². The minimum Gasteiger partial charge on any atom is -0.382 e. The Labute approximate surface area is 99.1 Å². The van der Waals surface area contributed by atoms with Gasteiger partial charge in [-0.25, -0.2) is 0 Å². The molecule has 1 rings (SSSR count). The van der Waals surface area contributed by atoms with E-state index in [0.29, 0.717) is 12.4 Å². The highest BCUT2D eigenvalue weighted by Gasteiger charge is 2.02. The standard InChI is InChI=1S/C10H16N4OS/c1-2-6-16-7-4-12-10(15)8-14-5-3-9(11)13-14/h2-3,5H,1,4,6-8H2,(H2,11,13)(H,12,15). The van der Waals surface area contributed by atoms with Gasteiger partial charge in [0.1, 0.15) is 12.4 Å². The second-order valence-corrected chi connectivity index (χ2v) is 4.30. The fourth-order valence-corrected chi connectivity index (χ4v) is 1.68. The molecule has 0 fully saturated rings. The number of hydrogen-bond acceptors (Lipinski definition) is 4. The highest BCUT2D eigenvalue weighted by molar-refractivity contribution is 7.99. The van der Waals surface area contributed by atoms with Gasteiger partial charge < -0.3 is 11.1 Å². The summed E-state index contributed by atoms with van der Waals surface area (Å²) in [6.07, 6.45) is 3.53. The molecule has 0 bridgehead atoms. The normalized spacial score (nSPS) is 10.0. The summed E-state index contributed by atoms with van der Waals surface area (Å²) < 4.78 is 1.52. The molecule has 0 aliphatic carbocycles. The second kappa shape index (κ2) is 6.95. The minimum atomic E-state index is -0.0534. The zero-order valence-corrected chi connectivity index (χ0v) is 9.87. The van der Waals surface area contributed by atoms with Crippen LogP contribution in [0.15, 0.2) is 24.9 Å². The van der Waals surface area contributed by atoms with Crippen LogP contribution in [0, 0.1) is 0 Å². The number of hydrogen-bond donors (Lipinski definition) is 2. The van der Waals surface area contributed by atoms with Crippen LogP contribution in [0.3, 0.4) is 0 Å². The molecule has 0 aromatic carbocycles. The van der Waals surface area contributed by atoms with Crippen molar-refractivity contribution in [3.63, 3.8) is 0 Å². The largest absolute Gasteiger partial charge is 0.382 e. The van der Waals surface area contributed by atoms with E-state index in [2.05, 4.69) is 17.0 Å². The Morgan fingerprint density at radius 1 is 1.75 bits per heavy atom. The second-order valence-electron chi connectivity index (χ2n) is 3.15. The van der Waals surface area contributed by atoms with Gasteiger partial charge in [0.25, 0.3) is 0 Å². The number of thioether (sulfide) groups is 1. The number of amides is 1. The van der Waals surface area contributed by atoms with E-state index in [1.165, 1.54) is 4.68 Å². The van der Waals surface area contributed by atoms with Gasteiger partial charge in [0.05, 0.1) is 0 Å². The SMILES string of the molecule is C=CCSCCNC(=O)Cn1ccc(N)n1. The minimum absolute atomic E-state index is 0.0534. The molecule has 16 heavy (non-hydrogen) atoms. The monoisotopic (exact) mass is 240 g/mol. The van der Waals surface area contributed by atoms with Crippen molar-refractivity contribution >= 4 is 23.5 Å². The van der Waals surface area contributed by atoms with E-state index in [1.54, 1.807) is 24.0 Å². The van der Waals surface area contributed by atoms with Crippen LogP contribution < -0.4 is 11.1 Å². The van der Waals surface area contributed by atoms with Crippen molar-refractivity contribution in [1.82, 2.24) is 15.1 Å². The van der Waals surface area contributed by atoms with E-state index in [0.717, 1.165) is 11.5 Å². The first-order valence-electron chi connectivity index (χ1n) is 4.96. The van der Waals surface area contributed by atoms with E-state index in [9.17, 15) is 4.79 Å². The van der Waals surface area contributed by atoms with Crippen molar-refractivity contribution in [2.45, 2.75) is 6.54 Å². The first kappa shape index (κ1) is 12.6. The summed E-state index contributed by atoms with van der Waals surface area (Å²) in [4.78, 5) is 11.4. The van der Waals surface area contributed by atoms with Gasteiger partial charge in [0.2, 0.25) is 5.91 Å². The third-order valence-corrected chi connectivity index (χ3v) is 2.74. The molecule has 6 heteroatoms. The fraction of sp³-hybridized carbons (Fsp3) is 0.400. The third-order valence-electron chi connectivity index (χ3n) is 1.77. The molecule has 0 aliphatic rings. The molecule has 0 saturated heterocycles. The average Bonchev–Trinajstić information content (AvgIpc) is 2.63. The van der Waals surface area contributed by atoms with Crippen LogP contribution in [0.1, 0.15) is 0 Å². The number of nitrogens with two attached hydrogens (primary N) is 1. The summed E-state index contributed by atoms with van der Waals surface area (Å²) in [7, 11) is 0. The molecular weight excluding hydrogens is 224 g/mol. The van der Waals surface area contributed by atoms with Gasteiger partial charge in [0, 0.05) is 24.2 Å². The first-order chi connectivity index (χ1) is 7.72. The van der Waals surface area contributed by atoms with Gasteiger partial charge >= 0.3 is 0 Å². The van der Waals surface area contributed by atoms with Crippen LogP contribution in [-0.4, -0.2) is 33.7 Å². The number of aromatic nitrogens is 2. The summed E-state index contributed by atoms with van der Waals surface area (Å²) >= 11 is 1.73. The molecule has 3 N–H and O–H groups in total. The average molecular weight is 240 g/mol. The first-order valence-corrected chi connectivity index (χ1v) is 6.12. The Morgan fingerprint density at radius 2 is 2.56 bits per heavy atom. The van der Waals surface area contributed by atoms with Crippen LogP contribution in [-0.2, 0) is 11.3 Å². The third kappa shape index (κ3) is 4.88. The molecule has 1 aromatic rings. The topological polar surface area (TPSA) is 72.9 Å². The van der Waals surface area contributed by atoms with E-state index in [4.69, 9.17) is 5.73 Å². The summed E-state index contributed by atoms with van der Waals surface area (Å²) in [5, 5.41) is 6.73. The van der Waals surface area contributed by atoms with E-state index in [1.807, 2.05) is 6.08 Å². The molecule has 0 aliphatic heterocycles. The van der Waals surface area contributed by atoms with Gasteiger partial charge in [-0.2, -0.15) is 16.9 Å². The van der Waals surface area contributed by atoms with Gasteiger partial charge in [0.15, 0.2) is 0 Å². The predicted octanol–water partition coefficient (Wildman–Crippen LogP) is 0.501. The van der Waals surface area contributed by atoms with E-state index in [-0.39, 0.29) is 12.5 Å². The van der Waals surface area contributed by atoms with Crippen LogP contribution >= 0.6 is 11.8 Å². The zero-order chi connectivity index (χ0) is 11.8. The van der Waals surface area contributed by atoms with Crippen LogP contribution in [0.2, 0.25) is 0 Å². The molecule has 0 saturated carbocycles. The highest BCUT2D eigenvalue weighted by atomic mass is 32.2. The molecule has 0 spiro atoms. The quantitative estimate of drug-likeness (QED) is 0.538. The number of rotatable bonds is 7. The Morgan fingerprint density at radius 3 is 3.19 bits per heavy atom. The van der Waals surface area contributed by atoms with Gasteiger partial charge in [-0.3, -0.25) is 9.48 Å². The number of carbonyl (C=O) groups excluding carboxylic acids is 1. The molecule has 5 nitrogen and oxygen atoms in total. The van der Waals surface area contributed by atoms with Crippen LogP contribution in [0.4, 0.5) is 5.82 Å². The summed E-state index contributed by atoms with van der Waals surface area (Å²) in [5.74, 6) is 2.17. The zero-order valence-electron chi connectivity index (χ0n) is 9.06. The van der Waals surface area contributed by atoms with Crippen molar-refractivity contribution in [3.8, 4) is 0 Å². The van der Waals surface area contributed by atoms with Crippen molar-refractivity contribution in [2.75, 3.05) is 23.8 Å². The Bertz CT molecular complexity index is 350. The number of nitrogen functional groups attached to an aromatic ring is 1. The molecule has 0 atom stereocenters. The van der Waals surface area contributed by atoms with Crippen LogP contribution in [0.25, 0.3) is 0 Å². The van der Waals surface area contributed by atoms with E-state index >= 15 is 0 Å². The lowest BCUT2D eigenvalue weighted by Gasteiger charge is -2.04. The Hall–Kier alpha value is -1.43. The summed E-state index contributed by atoms with van der Waals surface area (Å²) in [6, 6.07) is 1.66. The fourth-order valence-electron chi connectivity index (χ4n) is 1.10. The number of nitrogens with zero attached hydrogens (tertiary/aromatic N) is 2. The Kier molecular flexibility index (Phi) is 5.49. The maximum atomic E-state index is 11.4. The van der Waals surface area contributed by atoms with Crippen molar-refractivity contribution in [3.05, 3.63) is 24.9 Å². The van der Waals surface area contributed by atoms with Crippen LogP contribution in [0.5, 0.6) is 0 Å². The maximum Gasteiger partial charge on any atom is 0.241 e. The van der Waals surface area contributed by atoms with Crippen molar-refractivity contribution in [2.24, 2.45) is 0 Å². The molecular formula is C10H16N4OS. The lowest BCUT2D eigenvalue weighted by Crippen LogP contribution is -2.29. The molecule has 0 unspecified atom stereocenters. The lowest BCUT2D eigenvalue weighted by molar-refractivity contribution is -0.121. The van der Waals surface area contributed by atoms with Gasteiger partial charge in [-0.15, -0.1) is 6.58 Å². The maximum absolute atomic E-state index is 11.4. The summed E-state index contributed by atoms with van der Waals surface area (Å²) in [6.45, 7) is 4.49. The molecule has 1 heterocycles. The molecule has 0 radical (unpaired) electrons.